The third kappa shape index (κ3) is 2.49. The van der Waals surface area contributed by atoms with Crippen LogP contribution in [0.4, 0.5) is 10.5 Å². The van der Waals surface area contributed by atoms with Crippen molar-refractivity contribution in [3.05, 3.63) is 36.4 Å². The fraction of sp³-hybridized carbons (Fsp3) is 0.526. The molecule has 0 unspecified atom stereocenters. The third-order valence-electron chi connectivity index (χ3n) is 6.17. The number of anilines is 1. The number of aryl methyl sites for hydroxylation is 1. The van der Waals surface area contributed by atoms with E-state index in [4.69, 9.17) is 4.74 Å². The second-order valence-electron chi connectivity index (χ2n) is 7.52. The summed E-state index contributed by atoms with van der Waals surface area (Å²) in [5.74, 6) is 1.04. The summed E-state index contributed by atoms with van der Waals surface area (Å²) in [5.41, 5.74) is 2.92. The van der Waals surface area contributed by atoms with Gasteiger partial charge in [-0.1, -0.05) is 13.0 Å². The summed E-state index contributed by atoms with van der Waals surface area (Å²) < 4.78 is 7.84. The molecule has 3 saturated heterocycles. The molecule has 1 aromatic carbocycles. The zero-order valence-electron chi connectivity index (χ0n) is 14.8. The van der Waals surface area contributed by atoms with Gasteiger partial charge in [-0.25, -0.2) is 4.79 Å². The molecule has 4 atom stereocenters. The Kier molecular flexibility index (Phi) is 3.70. The molecule has 2 amide bonds. The second kappa shape index (κ2) is 6.09. The molecule has 0 saturated carbocycles. The Morgan fingerprint density at radius 3 is 2.54 bits per heavy atom. The van der Waals surface area contributed by atoms with Crippen molar-refractivity contribution in [1.82, 2.24) is 19.7 Å². The molecule has 2 bridgehead atoms. The van der Waals surface area contributed by atoms with Crippen LogP contribution in [0.2, 0.25) is 0 Å². The van der Waals surface area contributed by atoms with E-state index in [0.717, 1.165) is 49.3 Å². The number of carbonyl (C=O) groups is 1. The Balaban J connectivity index is 1.34. The highest BCUT2D eigenvalue weighted by Gasteiger charge is 2.53. The molecule has 26 heavy (non-hydrogen) atoms. The molecule has 1 aromatic heterocycles. The largest absolute Gasteiger partial charge is 0.374 e. The number of fused-ring (bicyclic) bond motifs is 5. The molecular weight excluding hydrogens is 330 g/mol. The van der Waals surface area contributed by atoms with E-state index in [0.29, 0.717) is 24.0 Å². The molecule has 2 aromatic rings. The standard InChI is InChI=1S/C19H23N5O2/c1-2-12-3-4-13(24-10-20-21-11-24)7-16(12)22-19(25)23-8-14-15(9-23)18-6-5-17(14)26-18/h3-4,7,10-11,14-15,17-18H,2,5-6,8-9H2,1H3,(H,22,25)/t14-,15+,17+,18-. The predicted molar refractivity (Wildman–Crippen MR) is 96.2 cm³/mol. The molecule has 0 spiro atoms. The Hall–Kier alpha value is -2.41. The number of carbonyl (C=O) groups excluding carboxylic acids is 1. The summed E-state index contributed by atoms with van der Waals surface area (Å²) in [6.45, 7) is 3.72. The number of hydrogen-bond acceptors (Lipinski definition) is 4. The maximum Gasteiger partial charge on any atom is 0.321 e. The van der Waals surface area contributed by atoms with Crippen molar-refractivity contribution >= 4 is 11.7 Å². The molecule has 0 aliphatic carbocycles. The van der Waals surface area contributed by atoms with Crippen molar-refractivity contribution in [3.63, 3.8) is 0 Å². The highest BCUT2D eigenvalue weighted by molar-refractivity contribution is 5.90. The molecule has 0 radical (unpaired) electrons. The average Bonchev–Trinajstić information content (AvgIpc) is 3.44. The van der Waals surface area contributed by atoms with Crippen molar-refractivity contribution in [1.29, 1.82) is 0 Å². The summed E-state index contributed by atoms with van der Waals surface area (Å²) in [6, 6.07) is 6.06. The lowest BCUT2D eigenvalue weighted by Gasteiger charge is -2.21. The van der Waals surface area contributed by atoms with Gasteiger partial charge in [-0.3, -0.25) is 4.57 Å². The Morgan fingerprint density at radius 1 is 1.19 bits per heavy atom. The van der Waals surface area contributed by atoms with Crippen LogP contribution in [-0.4, -0.2) is 51.0 Å². The van der Waals surface area contributed by atoms with E-state index in [-0.39, 0.29) is 6.03 Å². The lowest BCUT2D eigenvalue weighted by molar-refractivity contribution is 0.0747. The van der Waals surface area contributed by atoms with Gasteiger partial charge in [-0.05, 0) is 37.0 Å². The number of likely N-dealkylation sites (tertiary alicyclic amines) is 1. The van der Waals surface area contributed by atoms with Crippen molar-refractivity contribution < 1.29 is 9.53 Å². The van der Waals surface area contributed by atoms with Crippen molar-refractivity contribution in [2.45, 2.75) is 38.4 Å². The molecule has 3 fully saturated rings. The minimum atomic E-state index is -0.00518. The van der Waals surface area contributed by atoms with Crippen LogP contribution in [0.3, 0.4) is 0 Å². The Bertz CT molecular complexity index is 803. The van der Waals surface area contributed by atoms with Crippen molar-refractivity contribution in [2.24, 2.45) is 11.8 Å². The number of nitrogens with one attached hydrogen (secondary N) is 1. The number of nitrogens with zero attached hydrogens (tertiary/aromatic N) is 4. The number of benzene rings is 1. The average molecular weight is 353 g/mol. The number of urea groups is 1. The molecule has 5 rings (SSSR count). The number of ether oxygens (including phenoxy) is 1. The quantitative estimate of drug-likeness (QED) is 0.920. The van der Waals surface area contributed by atoms with Gasteiger partial charge in [-0.15, -0.1) is 10.2 Å². The maximum absolute atomic E-state index is 12.9. The molecule has 1 N–H and O–H groups in total. The highest BCUT2D eigenvalue weighted by atomic mass is 16.5. The number of aromatic nitrogens is 3. The van der Waals surface area contributed by atoms with Crippen LogP contribution in [0, 0.1) is 11.8 Å². The zero-order valence-corrected chi connectivity index (χ0v) is 14.8. The number of amides is 2. The van der Waals surface area contributed by atoms with Crippen LogP contribution in [0.1, 0.15) is 25.3 Å². The summed E-state index contributed by atoms with van der Waals surface area (Å²) in [6.07, 6.45) is 7.22. The predicted octanol–water partition coefficient (Wildman–Crippen LogP) is 2.47. The molecule has 3 aliphatic heterocycles. The second-order valence-corrected chi connectivity index (χ2v) is 7.52. The zero-order chi connectivity index (χ0) is 17.7. The topological polar surface area (TPSA) is 72.3 Å². The Morgan fingerprint density at radius 2 is 1.88 bits per heavy atom. The van der Waals surface area contributed by atoms with Gasteiger partial charge in [0.1, 0.15) is 12.7 Å². The minimum Gasteiger partial charge on any atom is -0.374 e. The van der Waals surface area contributed by atoms with Crippen molar-refractivity contribution in [3.8, 4) is 5.69 Å². The summed E-state index contributed by atoms with van der Waals surface area (Å²) >= 11 is 0. The van der Waals surface area contributed by atoms with Crippen LogP contribution in [0.5, 0.6) is 0 Å². The minimum absolute atomic E-state index is 0.00518. The van der Waals surface area contributed by atoms with Crippen LogP contribution in [-0.2, 0) is 11.2 Å². The van der Waals surface area contributed by atoms with Crippen molar-refractivity contribution in [2.75, 3.05) is 18.4 Å². The normalized spacial score (nSPS) is 29.2. The third-order valence-corrected chi connectivity index (χ3v) is 6.17. The summed E-state index contributed by atoms with van der Waals surface area (Å²) in [5, 5.41) is 10.8. The molecule has 7 heteroatoms. The monoisotopic (exact) mass is 353 g/mol. The fourth-order valence-electron chi connectivity index (χ4n) is 4.80. The fourth-order valence-corrected chi connectivity index (χ4v) is 4.80. The molecular formula is C19H23N5O2. The first kappa shape index (κ1) is 15.8. The van der Waals surface area contributed by atoms with Gasteiger partial charge in [0.15, 0.2) is 0 Å². The Labute approximate surface area is 152 Å². The van der Waals surface area contributed by atoms with E-state index in [9.17, 15) is 4.79 Å². The van der Waals surface area contributed by atoms with E-state index in [1.165, 1.54) is 0 Å². The smallest absolute Gasteiger partial charge is 0.321 e. The van der Waals surface area contributed by atoms with Gasteiger partial charge in [-0.2, -0.15) is 0 Å². The van der Waals surface area contributed by atoms with Gasteiger partial charge in [0.25, 0.3) is 0 Å². The van der Waals surface area contributed by atoms with E-state index in [2.05, 4.69) is 28.5 Å². The number of hydrogen-bond donors (Lipinski definition) is 1. The van der Waals surface area contributed by atoms with E-state index < -0.39 is 0 Å². The molecule has 3 aliphatic rings. The van der Waals surface area contributed by atoms with Gasteiger partial charge in [0.05, 0.1) is 17.9 Å². The lowest BCUT2D eigenvalue weighted by atomic mass is 9.82. The van der Waals surface area contributed by atoms with Crippen LogP contribution < -0.4 is 5.32 Å². The number of rotatable bonds is 3. The SMILES string of the molecule is CCc1ccc(-n2cnnc2)cc1NC(=O)N1C[C@@H]2[C@H](C1)[C@H]1CC[C@@H]2O1. The molecule has 7 nitrogen and oxygen atoms in total. The highest BCUT2D eigenvalue weighted by Crippen LogP contribution is 2.47. The molecule has 4 heterocycles. The van der Waals surface area contributed by atoms with E-state index in [1.54, 1.807) is 12.7 Å². The van der Waals surface area contributed by atoms with Crippen LogP contribution in [0.15, 0.2) is 30.9 Å². The first-order valence-corrected chi connectivity index (χ1v) is 9.42. The molecule has 136 valence electrons. The summed E-state index contributed by atoms with van der Waals surface area (Å²) in [4.78, 5) is 14.9. The van der Waals surface area contributed by atoms with Crippen LogP contribution >= 0.6 is 0 Å². The summed E-state index contributed by atoms with van der Waals surface area (Å²) in [7, 11) is 0. The lowest BCUT2D eigenvalue weighted by Crippen LogP contribution is -2.35. The first-order valence-electron chi connectivity index (χ1n) is 9.42. The van der Waals surface area contributed by atoms with Crippen LogP contribution in [0.25, 0.3) is 5.69 Å². The van der Waals surface area contributed by atoms with Gasteiger partial charge in [0, 0.05) is 30.6 Å². The van der Waals surface area contributed by atoms with E-state index >= 15 is 0 Å². The maximum atomic E-state index is 12.9. The van der Waals surface area contributed by atoms with Gasteiger partial charge >= 0.3 is 6.03 Å². The van der Waals surface area contributed by atoms with Gasteiger partial charge < -0.3 is 15.0 Å². The first-order chi connectivity index (χ1) is 12.7. The van der Waals surface area contributed by atoms with E-state index in [1.807, 2.05) is 21.6 Å². The van der Waals surface area contributed by atoms with Gasteiger partial charge in [0.2, 0.25) is 0 Å².